The molecular formula is C50H91NO5. The van der Waals surface area contributed by atoms with Crippen molar-refractivity contribution in [1.82, 2.24) is 5.32 Å². The van der Waals surface area contributed by atoms with Gasteiger partial charge in [0.05, 0.1) is 25.2 Å². The van der Waals surface area contributed by atoms with Crippen LogP contribution in [0, 0.1) is 0 Å². The molecule has 3 unspecified atom stereocenters. The molecule has 326 valence electrons. The summed E-state index contributed by atoms with van der Waals surface area (Å²) in [7, 11) is 0. The van der Waals surface area contributed by atoms with Gasteiger partial charge in [-0.05, 0) is 44.9 Å². The molecule has 0 saturated heterocycles. The fourth-order valence-corrected chi connectivity index (χ4v) is 7.15. The van der Waals surface area contributed by atoms with Crippen molar-refractivity contribution in [3.05, 3.63) is 48.6 Å². The minimum absolute atomic E-state index is 0.0687. The van der Waals surface area contributed by atoms with Gasteiger partial charge in [0.2, 0.25) is 5.91 Å². The molecule has 0 aromatic rings. The second kappa shape index (κ2) is 43.9. The first-order valence-electron chi connectivity index (χ1n) is 23.9. The highest BCUT2D eigenvalue weighted by Gasteiger charge is 2.24. The number of rotatable bonds is 42. The summed E-state index contributed by atoms with van der Waals surface area (Å²) in [6.07, 6.45) is 51.7. The monoisotopic (exact) mass is 786 g/mol. The number of unbranched alkanes of at least 4 members (excludes halogenated alkanes) is 25. The van der Waals surface area contributed by atoms with Crippen LogP contribution in [0.4, 0.5) is 0 Å². The molecule has 3 atom stereocenters. The number of ether oxygens (including phenoxy) is 1. The predicted octanol–water partition coefficient (Wildman–Crippen LogP) is 13.9. The van der Waals surface area contributed by atoms with E-state index < -0.39 is 18.2 Å². The van der Waals surface area contributed by atoms with Gasteiger partial charge in [-0.1, -0.05) is 223 Å². The molecule has 3 N–H and O–H groups in total. The number of aliphatic hydroxyl groups is 2. The van der Waals surface area contributed by atoms with Crippen LogP contribution in [-0.2, 0) is 14.3 Å². The van der Waals surface area contributed by atoms with Gasteiger partial charge in [0, 0.05) is 6.42 Å². The largest absolute Gasteiger partial charge is 0.462 e. The van der Waals surface area contributed by atoms with Crippen molar-refractivity contribution in [3.8, 4) is 0 Å². The first kappa shape index (κ1) is 53.8. The molecule has 0 aromatic carbocycles. The molecule has 0 radical (unpaired) electrons. The Morgan fingerprint density at radius 3 is 1.46 bits per heavy atom. The normalized spacial score (nSPS) is 13.7. The molecule has 0 aliphatic heterocycles. The molecule has 1 amide bonds. The van der Waals surface area contributed by atoms with Crippen molar-refractivity contribution in [2.24, 2.45) is 0 Å². The number of allylic oxidation sites excluding steroid dienone is 8. The van der Waals surface area contributed by atoms with Crippen molar-refractivity contribution in [1.29, 1.82) is 0 Å². The first-order chi connectivity index (χ1) is 27.5. The van der Waals surface area contributed by atoms with Gasteiger partial charge < -0.3 is 20.3 Å². The Morgan fingerprint density at radius 2 is 0.964 bits per heavy atom. The number of carbonyl (C=O) groups excluding carboxylic acids is 2. The van der Waals surface area contributed by atoms with Crippen molar-refractivity contribution in [2.75, 3.05) is 6.61 Å². The van der Waals surface area contributed by atoms with Crippen molar-refractivity contribution in [2.45, 2.75) is 251 Å². The maximum absolute atomic E-state index is 13.1. The predicted molar refractivity (Wildman–Crippen MR) is 241 cm³/mol. The molecule has 56 heavy (non-hydrogen) atoms. The Bertz CT molecular complexity index is 972. The molecular weight excluding hydrogens is 695 g/mol. The van der Waals surface area contributed by atoms with E-state index in [2.05, 4.69) is 56.5 Å². The van der Waals surface area contributed by atoms with Crippen LogP contribution in [-0.4, -0.2) is 46.9 Å². The molecule has 0 aromatic heterocycles. The topological polar surface area (TPSA) is 95.9 Å². The molecule has 0 bridgehead atoms. The molecule has 0 spiro atoms. The zero-order valence-corrected chi connectivity index (χ0v) is 37.0. The van der Waals surface area contributed by atoms with E-state index in [1.54, 1.807) is 0 Å². The van der Waals surface area contributed by atoms with Gasteiger partial charge in [0.25, 0.3) is 0 Å². The minimum atomic E-state index is -0.789. The maximum atomic E-state index is 13.1. The van der Waals surface area contributed by atoms with E-state index in [1.165, 1.54) is 103 Å². The van der Waals surface area contributed by atoms with Crippen molar-refractivity contribution in [3.63, 3.8) is 0 Å². The van der Waals surface area contributed by atoms with Crippen LogP contribution >= 0.6 is 0 Å². The highest BCUT2D eigenvalue weighted by atomic mass is 16.5. The van der Waals surface area contributed by atoms with Gasteiger partial charge in [0.1, 0.15) is 6.10 Å². The third-order valence-electron chi connectivity index (χ3n) is 10.8. The third kappa shape index (κ3) is 38.7. The number of hydrogen-bond donors (Lipinski definition) is 3. The van der Waals surface area contributed by atoms with Crippen molar-refractivity contribution < 1.29 is 24.5 Å². The van der Waals surface area contributed by atoms with E-state index in [0.29, 0.717) is 19.3 Å². The van der Waals surface area contributed by atoms with Gasteiger partial charge >= 0.3 is 5.97 Å². The smallest absolute Gasteiger partial charge is 0.306 e. The van der Waals surface area contributed by atoms with Crippen LogP contribution in [0.3, 0.4) is 0 Å². The maximum Gasteiger partial charge on any atom is 0.306 e. The van der Waals surface area contributed by atoms with E-state index in [-0.39, 0.29) is 24.9 Å². The van der Waals surface area contributed by atoms with Crippen LogP contribution in [0.25, 0.3) is 0 Å². The summed E-state index contributed by atoms with van der Waals surface area (Å²) < 4.78 is 5.88. The lowest BCUT2D eigenvalue weighted by atomic mass is 10.0. The lowest BCUT2D eigenvalue weighted by Crippen LogP contribution is -2.46. The molecule has 0 aliphatic carbocycles. The van der Waals surface area contributed by atoms with E-state index in [4.69, 9.17) is 4.74 Å². The summed E-state index contributed by atoms with van der Waals surface area (Å²) in [5, 5.41) is 23.7. The minimum Gasteiger partial charge on any atom is -0.462 e. The van der Waals surface area contributed by atoms with Gasteiger partial charge in [-0.15, -0.1) is 0 Å². The van der Waals surface area contributed by atoms with E-state index in [0.717, 1.165) is 83.5 Å². The second-order valence-electron chi connectivity index (χ2n) is 16.2. The second-order valence-corrected chi connectivity index (χ2v) is 16.2. The third-order valence-corrected chi connectivity index (χ3v) is 10.8. The fraction of sp³-hybridized carbons (Fsp3) is 0.800. The van der Waals surface area contributed by atoms with E-state index >= 15 is 0 Å². The summed E-state index contributed by atoms with van der Waals surface area (Å²) >= 11 is 0. The Labute approximate surface area is 346 Å². The highest BCUT2D eigenvalue weighted by Crippen LogP contribution is 2.18. The standard InChI is InChI=1S/C50H91NO5/c1-4-7-10-13-16-19-21-23-25-27-29-31-34-37-40-43-50(55)56-46(41-38-35-32-18-15-12-9-6-3)44-49(54)51-47(45-52)48(53)42-39-36-33-30-28-26-24-22-20-17-14-11-8-5-2/h7,10,13,16,19,21,23,25,46-48,52-53H,4-6,8-9,11-12,14-15,17-18,20,22,24,26-45H2,1-3H3,(H,51,54)/b10-7+,16-13+,21-19+,25-23-. The van der Waals surface area contributed by atoms with Crippen LogP contribution < -0.4 is 5.32 Å². The zero-order valence-electron chi connectivity index (χ0n) is 37.0. The SMILES string of the molecule is CC/C=C/C=C/C=C/C=C\CCCCCCCC(=O)OC(CCCCCCCCCC)CC(=O)NC(CO)C(O)CCCCCCCCCCCCCCCC. The number of nitrogens with one attached hydrogen (secondary N) is 1. The van der Waals surface area contributed by atoms with Gasteiger partial charge in [-0.25, -0.2) is 0 Å². The summed E-state index contributed by atoms with van der Waals surface area (Å²) in [6, 6.07) is -0.703. The Balaban J connectivity index is 4.48. The van der Waals surface area contributed by atoms with Crippen LogP contribution in [0.1, 0.15) is 233 Å². The zero-order chi connectivity index (χ0) is 41.0. The first-order valence-corrected chi connectivity index (χ1v) is 23.9. The molecule has 6 nitrogen and oxygen atoms in total. The molecule has 0 aliphatic rings. The summed E-state index contributed by atoms with van der Waals surface area (Å²) in [4.78, 5) is 26.0. The van der Waals surface area contributed by atoms with E-state index in [9.17, 15) is 19.8 Å². The Hall–Kier alpha value is -2.18. The quantitative estimate of drug-likeness (QED) is 0.0325. The number of esters is 1. The average molecular weight is 786 g/mol. The van der Waals surface area contributed by atoms with Crippen molar-refractivity contribution >= 4 is 11.9 Å². The molecule has 0 heterocycles. The summed E-state index contributed by atoms with van der Waals surface area (Å²) in [5.74, 6) is -0.501. The van der Waals surface area contributed by atoms with Gasteiger partial charge in [-0.2, -0.15) is 0 Å². The van der Waals surface area contributed by atoms with E-state index in [1.807, 2.05) is 18.2 Å². The van der Waals surface area contributed by atoms with Crippen LogP contribution in [0.2, 0.25) is 0 Å². The van der Waals surface area contributed by atoms with Gasteiger partial charge in [-0.3, -0.25) is 9.59 Å². The summed E-state index contributed by atoms with van der Waals surface area (Å²) in [6.45, 7) is 6.32. The van der Waals surface area contributed by atoms with Gasteiger partial charge in [0.15, 0.2) is 0 Å². The fourth-order valence-electron chi connectivity index (χ4n) is 7.15. The van der Waals surface area contributed by atoms with Crippen LogP contribution in [0.5, 0.6) is 0 Å². The number of aliphatic hydroxyl groups excluding tert-OH is 2. The number of amides is 1. The lowest BCUT2D eigenvalue weighted by molar-refractivity contribution is -0.151. The molecule has 6 heteroatoms. The number of carbonyl (C=O) groups is 2. The molecule has 0 rings (SSSR count). The molecule has 0 saturated carbocycles. The molecule has 0 fully saturated rings. The lowest BCUT2D eigenvalue weighted by Gasteiger charge is -2.24. The summed E-state index contributed by atoms with van der Waals surface area (Å²) in [5.41, 5.74) is 0. The Morgan fingerprint density at radius 1 is 0.536 bits per heavy atom. The number of hydrogen-bond acceptors (Lipinski definition) is 5. The highest BCUT2D eigenvalue weighted by molar-refractivity contribution is 5.77. The Kier molecular flexibility index (Phi) is 42.2. The van der Waals surface area contributed by atoms with Crippen LogP contribution in [0.15, 0.2) is 48.6 Å². The average Bonchev–Trinajstić information content (AvgIpc) is 3.19.